The van der Waals surface area contributed by atoms with Gasteiger partial charge in [-0.2, -0.15) is 0 Å². The minimum absolute atomic E-state index is 0.0173. The highest BCUT2D eigenvalue weighted by Crippen LogP contribution is 2.13. The third-order valence-electron chi connectivity index (χ3n) is 3.65. The molecule has 2 aromatic carbocycles. The second kappa shape index (κ2) is 9.81. The van der Waals surface area contributed by atoms with Crippen molar-refractivity contribution < 1.29 is 19.4 Å². The van der Waals surface area contributed by atoms with E-state index in [2.05, 4.69) is 5.32 Å². The van der Waals surface area contributed by atoms with Crippen molar-refractivity contribution in [2.24, 2.45) is 0 Å². The van der Waals surface area contributed by atoms with E-state index in [-0.39, 0.29) is 12.4 Å². The van der Waals surface area contributed by atoms with Gasteiger partial charge in [-0.1, -0.05) is 17.7 Å². The smallest absolute Gasteiger partial charge is 0.159 e. The van der Waals surface area contributed by atoms with Crippen LogP contribution in [-0.4, -0.2) is 43.3 Å². The SMILES string of the molecule is CC(=O)c1ccc(OCC(O)CNCCOc2ccc(C)cc2)cc1. The Balaban J connectivity index is 1.58. The number of rotatable bonds is 10. The minimum atomic E-state index is -0.619. The number of aryl methyl sites for hydroxylation is 1. The monoisotopic (exact) mass is 343 g/mol. The lowest BCUT2D eigenvalue weighted by Gasteiger charge is -2.14. The van der Waals surface area contributed by atoms with Crippen molar-refractivity contribution in [2.45, 2.75) is 20.0 Å². The van der Waals surface area contributed by atoms with Crippen LogP contribution in [0.2, 0.25) is 0 Å². The van der Waals surface area contributed by atoms with Gasteiger partial charge in [0.05, 0.1) is 0 Å². The zero-order chi connectivity index (χ0) is 18.1. The summed E-state index contributed by atoms with van der Waals surface area (Å²) in [5, 5.41) is 13.0. The van der Waals surface area contributed by atoms with Gasteiger partial charge in [0.25, 0.3) is 0 Å². The number of hydrogen-bond donors (Lipinski definition) is 2. The highest BCUT2D eigenvalue weighted by Gasteiger charge is 2.06. The summed E-state index contributed by atoms with van der Waals surface area (Å²) >= 11 is 0. The van der Waals surface area contributed by atoms with E-state index in [4.69, 9.17) is 9.47 Å². The van der Waals surface area contributed by atoms with E-state index in [9.17, 15) is 9.90 Å². The maximum Gasteiger partial charge on any atom is 0.159 e. The molecule has 0 saturated carbocycles. The summed E-state index contributed by atoms with van der Waals surface area (Å²) in [6.45, 7) is 5.33. The Morgan fingerprint density at radius 1 is 1.04 bits per heavy atom. The van der Waals surface area contributed by atoms with Gasteiger partial charge in [-0.15, -0.1) is 0 Å². The maximum atomic E-state index is 11.2. The number of Topliss-reactive ketones (excluding diaryl/α,β-unsaturated/α-hetero) is 1. The first-order valence-electron chi connectivity index (χ1n) is 8.36. The molecule has 0 saturated heterocycles. The fourth-order valence-corrected chi connectivity index (χ4v) is 2.18. The lowest BCUT2D eigenvalue weighted by Crippen LogP contribution is -2.33. The Bertz CT molecular complexity index is 652. The lowest BCUT2D eigenvalue weighted by molar-refractivity contribution is 0.101. The van der Waals surface area contributed by atoms with Gasteiger partial charge < -0.3 is 19.9 Å². The molecule has 2 rings (SSSR count). The molecule has 2 N–H and O–H groups in total. The molecule has 0 heterocycles. The van der Waals surface area contributed by atoms with Gasteiger partial charge in [0.2, 0.25) is 0 Å². The number of ketones is 1. The van der Waals surface area contributed by atoms with Crippen molar-refractivity contribution in [1.29, 1.82) is 0 Å². The second-order valence-corrected chi connectivity index (χ2v) is 5.91. The van der Waals surface area contributed by atoms with Crippen LogP contribution >= 0.6 is 0 Å². The van der Waals surface area contributed by atoms with Crippen LogP contribution in [0.1, 0.15) is 22.8 Å². The average Bonchev–Trinajstić information content (AvgIpc) is 2.61. The number of carbonyl (C=O) groups is 1. The van der Waals surface area contributed by atoms with Crippen molar-refractivity contribution in [3.05, 3.63) is 59.7 Å². The van der Waals surface area contributed by atoms with Gasteiger partial charge in [-0.3, -0.25) is 4.79 Å². The van der Waals surface area contributed by atoms with E-state index in [0.717, 1.165) is 5.75 Å². The van der Waals surface area contributed by atoms with Crippen LogP contribution in [0, 0.1) is 6.92 Å². The third-order valence-corrected chi connectivity index (χ3v) is 3.65. The van der Waals surface area contributed by atoms with E-state index in [1.165, 1.54) is 12.5 Å². The van der Waals surface area contributed by atoms with Crippen molar-refractivity contribution in [3.8, 4) is 11.5 Å². The summed E-state index contributed by atoms with van der Waals surface area (Å²) in [5.74, 6) is 1.49. The summed E-state index contributed by atoms with van der Waals surface area (Å²) < 4.78 is 11.1. The van der Waals surface area contributed by atoms with Gasteiger partial charge in [-0.25, -0.2) is 0 Å². The maximum absolute atomic E-state index is 11.2. The van der Waals surface area contributed by atoms with Crippen molar-refractivity contribution in [2.75, 3.05) is 26.3 Å². The Kier molecular flexibility index (Phi) is 7.44. The fraction of sp³-hybridized carbons (Fsp3) is 0.350. The molecule has 5 nitrogen and oxygen atoms in total. The summed E-state index contributed by atoms with van der Waals surface area (Å²) in [7, 11) is 0. The minimum Gasteiger partial charge on any atom is -0.492 e. The number of hydrogen-bond acceptors (Lipinski definition) is 5. The molecule has 5 heteroatoms. The van der Waals surface area contributed by atoms with E-state index < -0.39 is 6.10 Å². The van der Waals surface area contributed by atoms with Crippen LogP contribution in [0.15, 0.2) is 48.5 Å². The number of aliphatic hydroxyl groups is 1. The topological polar surface area (TPSA) is 67.8 Å². The summed E-state index contributed by atoms with van der Waals surface area (Å²) in [4.78, 5) is 11.2. The normalized spacial score (nSPS) is 11.8. The highest BCUT2D eigenvalue weighted by atomic mass is 16.5. The number of nitrogens with one attached hydrogen (secondary N) is 1. The molecule has 0 spiro atoms. The zero-order valence-corrected chi connectivity index (χ0v) is 14.7. The quantitative estimate of drug-likeness (QED) is 0.513. The molecule has 0 aliphatic carbocycles. The van der Waals surface area contributed by atoms with E-state index in [1.54, 1.807) is 24.3 Å². The fourth-order valence-electron chi connectivity index (χ4n) is 2.18. The first-order valence-corrected chi connectivity index (χ1v) is 8.36. The van der Waals surface area contributed by atoms with Crippen molar-refractivity contribution in [3.63, 3.8) is 0 Å². The summed E-state index contributed by atoms with van der Waals surface area (Å²) in [6, 6.07) is 14.8. The molecule has 0 aliphatic heterocycles. The van der Waals surface area contributed by atoms with E-state index >= 15 is 0 Å². The molecular formula is C20H25NO4. The molecule has 0 aliphatic rings. The number of benzene rings is 2. The van der Waals surface area contributed by atoms with Crippen LogP contribution in [0.3, 0.4) is 0 Å². The van der Waals surface area contributed by atoms with Crippen molar-refractivity contribution >= 4 is 5.78 Å². The van der Waals surface area contributed by atoms with Crippen LogP contribution in [0.25, 0.3) is 0 Å². The molecule has 0 amide bonds. The van der Waals surface area contributed by atoms with Crippen LogP contribution in [0.4, 0.5) is 0 Å². The molecule has 1 unspecified atom stereocenters. The first-order chi connectivity index (χ1) is 12.0. The molecule has 0 radical (unpaired) electrons. The van der Waals surface area contributed by atoms with Gasteiger partial charge in [0.15, 0.2) is 5.78 Å². The highest BCUT2D eigenvalue weighted by molar-refractivity contribution is 5.94. The Morgan fingerprint density at radius 3 is 2.28 bits per heavy atom. The molecule has 134 valence electrons. The largest absolute Gasteiger partial charge is 0.492 e. The van der Waals surface area contributed by atoms with Crippen LogP contribution in [-0.2, 0) is 0 Å². The predicted molar refractivity (Wildman–Crippen MR) is 97.5 cm³/mol. The van der Waals surface area contributed by atoms with E-state index in [1.807, 2.05) is 31.2 Å². The molecule has 0 fully saturated rings. The predicted octanol–water partition coefficient (Wildman–Crippen LogP) is 2.61. The Morgan fingerprint density at radius 2 is 1.64 bits per heavy atom. The summed E-state index contributed by atoms with van der Waals surface area (Å²) in [5.41, 5.74) is 1.84. The number of ether oxygens (including phenoxy) is 2. The molecule has 0 bridgehead atoms. The zero-order valence-electron chi connectivity index (χ0n) is 14.7. The lowest BCUT2D eigenvalue weighted by atomic mass is 10.1. The van der Waals surface area contributed by atoms with E-state index in [0.29, 0.717) is 31.0 Å². The Labute approximate surface area is 148 Å². The van der Waals surface area contributed by atoms with Crippen LogP contribution < -0.4 is 14.8 Å². The number of aliphatic hydroxyl groups excluding tert-OH is 1. The first kappa shape index (κ1) is 19.0. The molecular weight excluding hydrogens is 318 g/mol. The standard InChI is InChI=1S/C20H25NO4/c1-15-3-7-19(8-4-15)24-12-11-21-13-18(23)14-25-20-9-5-17(6-10-20)16(2)22/h3-10,18,21,23H,11-14H2,1-2H3. The third kappa shape index (κ3) is 6.95. The summed E-state index contributed by atoms with van der Waals surface area (Å²) in [6.07, 6.45) is -0.619. The van der Waals surface area contributed by atoms with Gasteiger partial charge >= 0.3 is 0 Å². The van der Waals surface area contributed by atoms with Crippen molar-refractivity contribution in [1.82, 2.24) is 5.32 Å². The second-order valence-electron chi connectivity index (χ2n) is 5.91. The van der Waals surface area contributed by atoms with Crippen LogP contribution in [0.5, 0.6) is 11.5 Å². The molecule has 0 aromatic heterocycles. The van der Waals surface area contributed by atoms with Gasteiger partial charge in [0, 0.05) is 18.7 Å². The molecule has 2 aromatic rings. The molecule has 25 heavy (non-hydrogen) atoms. The molecule has 1 atom stereocenters. The van der Waals surface area contributed by atoms with Gasteiger partial charge in [0.1, 0.15) is 30.8 Å². The number of carbonyl (C=O) groups excluding carboxylic acids is 1. The Hall–Kier alpha value is -2.37. The average molecular weight is 343 g/mol. The van der Waals surface area contributed by atoms with Gasteiger partial charge in [-0.05, 0) is 50.2 Å².